The summed E-state index contributed by atoms with van der Waals surface area (Å²) in [5.41, 5.74) is 3.02. The molecule has 1 N–H and O–H groups in total. The number of rotatable bonds is 1. The molecule has 0 radical (unpaired) electrons. The van der Waals surface area contributed by atoms with E-state index in [-0.39, 0.29) is 6.42 Å². The van der Waals surface area contributed by atoms with E-state index in [0.29, 0.717) is 6.54 Å². The monoisotopic (exact) mass is 229 g/mol. The van der Waals surface area contributed by atoms with Crippen LogP contribution in [0.4, 0.5) is 13.2 Å². The molecule has 16 heavy (non-hydrogen) atoms. The lowest BCUT2D eigenvalue weighted by atomic mass is 9.91. The Bertz CT molecular complexity index is 384. The molecule has 88 valence electrons. The molecule has 4 heteroatoms. The minimum Gasteiger partial charge on any atom is -0.302 e. The Balaban J connectivity index is 2.28. The molecule has 1 aliphatic heterocycles. The highest BCUT2D eigenvalue weighted by molar-refractivity contribution is 5.37. The lowest BCUT2D eigenvalue weighted by molar-refractivity contribution is -0.157. The zero-order valence-electron chi connectivity index (χ0n) is 9.06. The van der Waals surface area contributed by atoms with Crippen LogP contribution in [0.3, 0.4) is 0 Å². The molecule has 0 aliphatic carbocycles. The number of alkyl halides is 3. The highest BCUT2D eigenvalue weighted by atomic mass is 19.4. The van der Waals surface area contributed by atoms with Gasteiger partial charge in [0.25, 0.3) is 0 Å². The molecular formula is C12H14F3N. The number of halogens is 3. The molecule has 1 aromatic carbocycles. The van der Waals surface area contributed by atoms with E-state index < -0.39 is 12.2 Å². The molecule has 0 unspecified atom stereocenters. The summed E-state index contributed by atoms with van der Waals surface area (Å²) < 4.78 is 37.7. The van der Waals surface area contributed by atoms with Crippen LogP contribution >= 0.6 is 0 Å². The number of aryl methyl sites for hydroxylation is 1. The third-order valence-electron chi connectivity index (χ3n) is 3.10. The Kier molecular flexibility index (Phi) is 2.93. The average molecular weight is 229 g/mol. The van der Waals surface area contributed by atoms with Crippen molar-refractivity contribution in [2.75, 3.05) is 0 Å². The molecule has 2 rings (SSSR count). The van der Waals surface area contributed by atoms with Gasteiger partial charge in [0.05, 0.1) is 0 Å². The van der Waals surface area contributed by atoms with Crippen LogP contribution in [0.25, 0.3) is 0 Å². The summed E-state index contributed by atoms with van der Waals surface area (Å²) in [7, 11) is 0. The van der Waals surface area contributed by atoms with Gasteiger partial charge in [-0.15, -0.1) is 0 Å². The zero-order chi connectivity index (χ0) is 11.8. The van der Waals surface area contributed by atoms with E-state index in [1.165, 1.54) is 0 Å². The van der Waals surface area contributed by atoms with Crippen LogP contribution in [0, 0.1) is 0 Å². The number of hydrogen-bond donors (Lipinski definition) is 1. The fourth-order valence-corrected chi connectivity index (χ4v) is 2.19. The number of fused-ring (bicyclic) bond motifs is 1. The van der Waals surface area contributed by atoms with Crippen LogP contribution < -0.4 is 5.32 Å². The van der Waals surface area contributed by atoms with Crippen molar-refractivity contribution >= 4 is 0 Å². The van der Waals surface area contributed by atoms with Gasteiger partial charge >= 0.3 is 6.18 Å². The van der Waals surface area contributed by atoms with E-state index in [2.05, 4.69) is 5.32 Å². The third-order valence-corrected chi connectivity index (χ3v) is 3.10. The third kappa shape index (κ3) is 2.07. The van der Waals surface area contributed by atoms with Gasteiger partial charge < -0.3 is 5.32 Å². The van der Waals surface area contributed by atoms with Gasteiger partial charge in [0, 0.05) is 6.54 Å². The van der Waals surface area contributed by atoms with Gasteiger partial charge in [0.1, 0.15) is 6.04 Å². The Morgan fingerprint density at radius 3 is 2.75 bits per heavy atom. The zero-order valence-corrected chi connectivity index (χ0v) is 9.06. The fraction of sp³-hybridized carbons (Fsp3) is 0.500. The summed E-state index contributed by atoms with van der Waals surface area (Å²) in [6.45, 7) is 2.34. The fourth-order valence-electron chi connectivity index (χ4n) is 2.19. The summed E-state index contributed by atoms with van der Waals surface area (Å²) >= 11 is 0. The maximum atomic E-state index is 12.6. The Labute approximate surface area is 92.7 Å². The Morgan fingerprint density at radius 2 is 2.12 bits per heavy atom. The van der Waals surface area contributed by atoms with Crippen LogP contribution in [0.2, 0.25) is 0 Å². The van der Waals surface area contributed by atoms with Crippen molar-refractivity contribution in [3.05, 3.63) is 34.9 Å². The van der Waals surface area contributed by atoms with Gasteiger partial charge in [0.2, 0.25) is 0 Å². The maximum Gasteiger partial charge on any atom is 0.404 e. The van der Waals surface area contributed by atoms with Crippen molar-refractivity contribution in [1.29, 1.82) is 0 Å². The van der Waals surface area contributed by atoms with Gasteiger partial charge in [-0.2, -0.15) is 13.2 Å². The van der Waals surface area contributed by atoms with Gasteiger partial charge in [-0.25, -0.2) is 0 Å². The van der Waals surface area contributed by atoms with Crippen LogP contribution in [-0.2, 0) is 19.4 Å². The summed E-state index contributed by atoms with van der Waals surface area (Å²) in [4.78, 5) is 0. The van der Waals surface area contributed by atoms with Crippen LogP contribution in [0.15, 0.2) is 18.2 Å². The molecule has 0 spiro atoms. The molecular weight excluding hydrogens is 215 g/mol. The summed E-state index contributed by atoms with van der Waals surface area (Å²) in [5, 5.41) is 2.56. The van der Waals surface area contributed by atoms with Crippen molar-refractivity contribution in [2.45, 2.75) is 38.5 Å². The predicted octanol–water partition coefficient (Wildman–Crippen LogP) is 2.83. The molecule has 0 amide bonds. The van der Waals surface area contributed by atoms with Crippen molar-refractivity contribution in [1.82, 2.24) is 5.32 Å². The second kappa shape index (κ2) is 4.09. The van der Waals surface area contributed by atoms with Crippen LogP contribution in [0.1, 0.15) is 23.6 Å². The number of nitrogens with one attached hydrogen (secondary N) is 1. The molecule has 0 bridgehead atoms. The quantitative estimate of drug-likeness (QED) is 0.780. The normalized spacial score (nSPS) is 20.6. The van der Waals surface area contributed by atoms with Gasteiger partial charge in [-0.05, 0) is 29.5 Å². The molecule has 0 aromatic heterocycles. The highest BCUT2D eigenvalue weighted by Crippen LogP contribution is 2.29. The second-order valence-electron chi connectivity index (χ2n) is 4.09. The molecule has 1 aliphatic rings. The smallest absolute Gasteiger partial charge is 0.302 e. The maximum absolute atomic E-state index is 12.6. The van der Waals surface area contributed by atoms with Crippen molar-refractivity contribution in [2.24, 2.45) is 0 Å². The first kappa shape index (κ1) is 11.5. The van der Waals surface area contributed by atoms with E-state index in [1.807, 2.05) is 19.1 Å². The van der Waals surface area contributed by atoms with Crippen molar-refractivity contribution in [3.63, 3.8) is 0 Å². The number of benzene rings is 1. The summed E-state index contributed by atoms with van der Waals surface area (Å²) in [5.74, 6) is 0. The first-order chi connectivity index (χ1) is 7.52. The van der Waals surface area contributed by atoms with Gasteiger partial charge in [0.15, 0.2) is 0 Å². The van der Waals surface area contributed by atoms with Crippen LogP contribution in [0.5, 0.6) is 0 Å². The van der Waals surface area contributed by atoms with E-state index in [0.717, 1.165) is 23.1 Å². The van der Waals surface area contributed by atoms with E-state index in [1.54, 1.807) is 6.07 Å². The van der Waals surface area contributed by atoms with E-state index >= 15 is 0 Å². The van der Waals surface area contributed by atoms with Crippen molar-refractivity contribution < 1.29 is 13.2 Å². The largest absolute Gasteiger partial charge is 0.404 e. The Hall–Kier alpha value is -1.03. The molecule has 1 heterocycles. The summed E-state index contributed by atoms with van der Waals surface area (Å²) in [6, 6.07) is 4.23. The molecule has 1 aromatic rings. The van der Waals surface area contributed by atoms with E-state index in [9.17, 15) is 13.2 Å². The highest BCUT2D eigenvalue weighted by Gasteiger charge is 2.41. The summed E-state index contributed by atoms with van der Waals surface area (Å²) in [6.07, 6.45) is -3.24. The first-order valence-electron chi connectivity index (χ1n) is 5.42. The second-order valence-corrected chi connectivity index (χ2v) is 4.09. The molecule has 0 saturated carbocycles. The molecule has 0 fully saturated rings. The average Bonchev–Trinajstić information content (AvgIpc) is 2.26. The van der Waals surface area contributed by atoms with E-state index in [4.69, 9.17) is 0 Å². The topological polar surface area (TPSA) is 12.0 Å². The molecule has 1 atom stereocenters. The minimum absolute atomic E-state index is 0.0483. The SMILES string of the molecule is CCc1cccc2c1CN[C@H](C(F)(F)F)C2. The van der Waals surface area contributed by atoms with Crippen LogP contribution in [-0.4, -0.2) is 12.2 Å². The minimum atomic E-state index is -4.15. The first-order valence-corrected chi connectivity index (χ1v) is 5.42. The van der Waals surface area contributed by atoms with Gasteiger partial charge in [-0.1, -0.05) is 25.1 Å². The lowest BCUT2D eigenvalue weighted by Gasteiger charge is -2.29. The van der Waals surface area contributed by atoms with Crippen molar-refractivity contribution in [3.8, 4) is 0 Å². The Morgan fingerprint density at radius 1 is 1.38 bits per heavy atom. The standard InChI is InChI=1S/C12H14F3N/c1-2-8-4-3-5-9-6-11(12(13,14)15)16-7-10(8)9/h3-5,11,16H,2,6-7H2,1H3/t11-/m0/s1. The predicted molar refractivity (Wildman–Crippen MR) is 56.2 cm³/mol. The lowest BCUT2D eigenvalue weighted by Crippen LogP contribution is -2.46. The molecule has 1 nitrogen and oxygen atoms in total. The number of hydrogen-bond acceptors (Lipinski definition) is 1. The molecule has 0 saturated heterocycles. The van der Waals surface area contributed by atoms with Gasteiger partial charge in [-0.3, -0.25) is 0 Å².